The van der Waals surface area contributed by atoms with Crippen LogP contribution in [0, 0.1) is 0 Å². The summed E-state index contributed by atoms with van der Waals surface area (Å²) in [5.74, 6) is -0.736. The second kappa shape index (κ2) is 7.40. The molecule has 0 saturated carbocycles. The molecule has 0 fully saturated rings. The number of benzene rings is 1. The van der Waals surface area contributed by atoms with E-state index in [1.807, 2.05) is 60.4 Å². The number of amidine groups is 1. The molecule has 3 rings (SSSR count). The topological polar surface area (TPSA) is 74.9 Å². The minimum Gasteiger partial charge on any atom is -0.481 e. The summed E-state index contributed by atoms with van der Waals surface area (Å²) >= 11 is 1.27. The van der Waals surface area contributed by atoms with Crippen LogP contribution in [-0.2, 0) is 16.6 Å². The van der Waals surface area contributed by atoms with Crippen molar-refractivity contribution < 1.29 is 14.7 Å². The van der Waals surface area contributed by atoms with Crippen LogP contribution in [0.15, 0.2) is 59.5 Å². The van der Waals surface area contributed by atoms with Gasteiger partial charge < -0.3 is 9.67 Å². The number of aliphatic carboxylic acids is 1. The molecule has 0 aliphatic carbocycles. The Balaban J connectivity index is 1.90. The van der Waals surface area contributed by atoms with Gasteiger partial charge in [-0.05, 0) is 29.8 Å². The fourth-order valence-corrected chi connectivity index (χ4v) is 3.34. The number of carbonyl (C=O) groups is 2. The molecule has 0 radical (unpaired) electrons. The van der Waals surface area contributed by atoms with Gasteiger partial charge in [0.15, 0.2) is 5.17 Å². The summed E-state index contributed by atoms with van der Waals surface area (Å²) in [5.41, 5.74) is 1.94. The summed E-state index contributed by atoms with van der Waals surface area (Å²) < 4.78 is 1.90. The van der Waals surface area contributed by atoms with Gasteiger partial charge in [0.25, 0.3) is 5.91 Å². The molecule has 1 amide bonds. The second-order valence-electron chi connectivity index (χ2n) is 5.50. The van der Waals surface area contributed by atoms with Crippen LogP contribution in [0.4, 0.5) is 5.69 Å². The molecule has 25 heavy (non-hydrogen) atoms. The normalized spacial score (nSPS) is 15.7. The number of aromatic nitrogens is 1. The van der Waals surface area contributed by atoms with Gasteiger partial charge in [-0.15, -0.1) is 0 Å². The molecule has 0 unspecified atom stereocenters. The molecule has 0 bridgehead atoms. The van der Waals surface area contributed by atoms with Crippen LogP contribution in [0.2, 0.25) is 0 Å². The molecule has 2 heterocycles. The van der Waals surface area contributed by atoms with Crippen LogP contribution in [0.1, 0.15) is 12.0 Å². The minimum absolute atomic E-state index is 0.0121. The van der Waals surface area contributed by atoms with Gasteiger partial charge in [-0.3, -0.25) is 14.5 Å². The monoisotopic (exact) mass is 355 g/mol. The maximum atomic E-state index is 12.8. The second-order valence-corrected chi connectivity index (χ2v) is 6.56. The lowest BCUT2D eigenvalue weighted by molar-refractivity contribution is -0.136. The third kappa shape index (κ3) is 4.00. The van der Waals surface area contributed by atoms with Crippen LogP contribution in [0.25, 0.3) is 6.08 Å². The predicted molar refractivity (Wildman–Crippen MR) is 99.5 cm³/mol. The van der Waals surface area contributed by atoms with Crippen LogP contribution in [0.5, 0.6) is 0 Å². The average molecular weight is 355 g/mol. The van der Waals surface area contributed by atoms with E-state index < -0.39 is 5.97 Å². The van der Waals surface area contributed by atoms with E-state index >= 15 is 0 Å². The zero-order valence-electron chi connectivity index (χ0n) is 13.6. The zero-order chi connectivity index (χ0) is 17.8. The van der Waals surface area contributed by atoms with Crippen molar-refractivity contribution in [1.82, 2.24) is 4.57 Å². The van der Waals surface area contributed by atoms with Crippen molar-refractivity contribution in [3.63, 3.8) is 0 Å². The third-order valence-electron chi connectivity index (χ3n) is 3.55. The number of carboxylic acid groups (broad SMARTS) is 1. The SMILES string of the molecule is Cn1ccc(/C=C2\N=C(SCCC(=O)O)N(c3ccccc3)C2=O)c1. The van der Waals surface area contributed by atoms with E-state index in [1.54, 1.807) is 6.08 Å². The lowest BCUT2D eigenvalue weighted by Crippen LogP contribution is -2.30. The number of para-hydroxylation sites is 1. The zero-order valence-corrected chi connectivity index (χ0v) is 14.4. The van der Waals surface area contributed by atoms with E-state index in [9.17, 15) is 9.59 Å². The van der Waals surface area contributed by atoms with Gasteiger partial charge in [-0.2, -0.15) is 0 Å². The number of thioether (sulfide) groups is 1. The predicted octanol–water partition coefficient (Wildman–Crippen LogP) is 2.98. The van der Waals surface area contributed by atoms with Crippen LogP contribution >= 0.6 is 11.8 Å². The van der Waals surface area contributed by atoms with Crippen LogP contribution in [-0.4, -0.2) is 32.5 Å². The fraction of sp³-hybridized carbons (Fsp3) is 0.167. The van der Waals surface area contributed by atoms with Gasteiger partial charge in [-0.1, -0.05) is 30.0 Å². The number of anilines is 1. The average Bonchev–Trinajstić information content (AvgIpc) is 3.12. The molecule has 2 aromatic rings. The molecule has 7 heteroatoms. The van der Waals surface area contributed by atoms with E-state index in [0.29, 0.717) is 22.3 Å². The first kappa shape index (κ1) is 17.0. The molecule has 1 N–H and O–H groups in total. The minimum atomic E-state index is -0.872. The molecule has 1 aromatic heterocycles. The molecule has 6 nitrogen and oxygen atoms in total. The quantitative estimate of drug-likeness (QED) is 0.837. The van der Waals surface area contributed by atoms with E-state index in [1.165, 1.54) is 16.7 Å². The molecule has 1 aliphatic heterocycles. The van der Waals surface area contributed by atoms with Gasteiger partial charge in [-0.25, -0.2) is 4.99 Å². The van der Waals surface area contributed by atoms with Crippen molar-refractivity contribution in [3.8, 4) is 0 Å². The molecule has 0 spiro atoms. The lowest BCUT2D eigenvalue weighted by Gasteiger charge is -2.17. The van der Waals surface area contributed by atoms with Crippen molar-refractivity contribution in [1.29, 1.82) is 0 Å². The Labute approximate surface area is 149 Å². The van der Waals surface area contributed by atoms with Crippen LogP contribution < -0.4 is 4.90 Å². The summed E-state index contributed by atoms with van der Waals surface area (Å²) in [6, 6.07) is 11.1. The van der Waals surface area contributed by atoms with E-state index in [0.717, 1.165) is 5.56 Å². The Kier molecular flexibility index (Phi) is 5.04. The molecular weight excluding hydrogens is 338 g/mol. The van der Waals surface area contributed by atoms with Crippen molar-refractivity contribution in [2.45, 2.75) is 6.42 Å². The first-order valence-corrected chi connectivity index (χ1v) is 8.69. The van der Waals surface area contributed by atoms with E-state index in [4.69, 9.17) is 5.11 Å². The number of nitrogens with zero attached hydrogens (tertiary/aromatic N) is 3. The molecule has 1 aliphatic rings. The highest BCUT2D eigenvalue weighted by Crippen LogP contribution is 2.29. The fourth-order valence-electron chi connectivity index (χ4n) is 2.40. The largest absolute Gasteiger partial charge is 0.481 e. The molecular formula is C18H17N3O3S. The number of aliphatic imine (C=N–C) groups is 1. The Morgan fingerprint density at radius 2 is 2.04 bits per heavy atom. The third-order valence-corrected chi connectivity index (χ3v) is 4.49. The summed E-state index contributed by atoms with van der Waals surface area (Å²) in [7, 11) is 1.91. The van der Waals surface area contributed by atoms with Gasteiger partial charge in [0.2, 0.25) is 0 Å². The van der Waals surface area contributed by atoms with Crippen molar-refractivity contribution in [3.05, 3.63) is 60.1 Å². The summed E-state index contributed by atoms with van der Waals surface area (Å²) in [6.07, 6.45) is 5.55. The highest BCUT2D eigenvalue weighted by atomic mass is 32.2. The molecule has 0 atom stereocenters. The van der Waals surface area contributed by atoms with E-state index in [2.05, 4.69) is 4.99 Å². The number of aryl methyl sites for hydroxylation is 1. The first-order chi connectivity index (χ1) is 12.0. The standard InChI is InChI=1S/C18H17N3O3S/c1-20-9-7-13(12-20)11-15-17(24)21(14-5-3-2-4-6-14)18(19-15)25-10-8-16(22)23/h2-7,9,11-12H,8,10H2,1H3,(H,22,23)/b15-11-. The van der Waals surface area contributed by atoms with Crippen molar-refractivity contribution >= 4 is 40.6 Å². The summed E-state index contributed by atoms with van der Waals surface area (Å²) in [5, 5.41) is 9.32. The number of hydrogen-bond acceptors (Lipinski definition) is 4. The number of amides is 1. The highest BCUT2D eigenvalue weighted by molar-refractivity contribution is 8.14. The van der Waals surface area contributed by atoms with Gasteiger partial charge >= 0.3 is 5.97 Å². The maximum Gasteiger partial charge on any atom is 0.304 e. The first-order valence-electron chi connectivity index (χ1n) is 7.71. The van der Waals surface area contributed by atoms with E-state index in [-0.39, 0.29) is 12.3 Å². The van der Waals surface area contributed by atoms with Gasteiger partial charge in [0, 0.05) is 25.2 Å². The Bertz CT molecular complexity index is 855. The number of carbonyl (C=O) groups excluding carboxylic acids is 1. The molecule has 128 valence electrons. The van der Waals surface area contributed by atoms with Crippen molar-refractivity contribution in [2.75, 3.05) is 10.7 Å². The van der Waals surface area contributed by atoms with Gasteiger partial charge in [0.05, 0.1) is 12.1 Å². The Morgan fingerprint density at radius 3 is 2.68 bits per heavy atom. The van der Waals surface area contributed by atoms with Gasteiger partial charge in [0.1, 0.15) is 5.70 Å². The van der Waals surface area contributed by atoms with Crippen molar-refractivity contribution in [2.24, 2.45) is 12.0 Å². The van der Waals surface area contributed by atoms with Crippen LogP contribution in [0.3, 0.4) is 0 Å². The number of rotatable bonds is 5. The summed E-state index contributed by atoms with van der Waals surface area (Å²) in [4.78, 5) is 29.6. The Morgan fingerprint density at radius 1 is 1.28 bits per heavy atom. The highest BCUT2D eigenvalue weighted by Gasteiger charge is 2.31. The smallest absolute Gasteiger partial charge is 0.304 e. The lowest BCUT2D eigenvalue weighted by atomic mass is 10.2. The Hall–Kier alpha value is -2.80. The number of hydrogen-bond donors (Lipinski definition) is 1. The summed E-state index contributed by atoms with van der Waals surface area (Å²) in [6.45, 7) is 0. The molecule has 1 aromatic carbocycles. The maximum absolute atomic E-state index is 12.8. The number of carboxylic acids is 1. The molecule has 0 saturated heterocycles.